The standard InChI is InChI=1S/C14H17N3O2S/c1-9(2)8-17-13(15-16-14(17)20)10-4-3-5-11-12(10)19-7-6-18-11/h3-5,9H,6-8H2,1-2H3,(H,16,20). The van der Waals surface area contributed by atoms with Gasteiger partial charge in [-0.1, -0.05) is 19.9 Å². The molecule has 0 radical (unpaired) electrons. The van der Waals surface area contributed by atoms with Gasteiger partial charge >= 0.3 is 0 Å². The lowest BCUT2D eigenvalue weighted by molar-refractivity contribution is 0.172. The molecule has 106 valence electrons. The molecule has 2 heterocycles. The van der Waals surface area contributed by atoms with E-state index in [-0.39, 0.29) is 0 Å². The Kier molecular flexibility index (Phi) is 3.48. The van der Waals surface area contributed by atoms with E-state index in [9.17, 15) is 0 Å². The van der Waals surface area contributed by atoms with Crippen molar-refractivity contribution in [2.75, 3.05) is 13.2 Å². The molecule has 3 rings (SSSR count). The monoisotopic (exact) mass is 291 g/mol. The van der Waals surface area contributed by atoms with E-state index in [0.29, 0.717) is 23.9 Å². The second-order valence-corrected chi connectivity index (χ2v) is 5.57. The molecule has 20 heavy (non-hydrogen) atoms. The first kappa shape index (κ1) is 13.2. The highest BCUT2D eigenvalue weighted by Gasteiger charge is 2.20. The van der Waals surface area contributed by atoms with Gasteiger partial charge in [-0.05, 0) is 30.3 Å². The van der Waals surface area contributed by atoms with Crippen LogP contribution in [0.15, 0.2) is 18.2 Å². The summed E-state index contributed by atoms with van der Waals surface area (Å²) in [5.41, 5.74) is 0.912. The Morgan fingerprint density at radius 2 is 2.15 bits per heavy atom. The zero-order chi connectivity index (χ0) is 14.1. The van der Waals surface area contributed by atoms with Crippen LogP contribution < -0.4 is 9.47 Å². The summed E-state index contributed by atoms with van der Waals surface area (Å²) >= 11 is 5.32. The molecule has 0 amide bonds. The summed E-state index contributed by atoms with van der Waals surface area (Å²) in [5.74, 6) is 2.79. The van der Waals surface area contributed by atoms with Crippen LogP contribution in [0.2, 0.25) is 0 Å². The maximum atomic E-state index is 5.75. The number of hydrogen-bond donors (Lipinski definition) is 1. The van der Waals surface area contributed by atoms with E-state index in [4.69, 9.17) is 21.7 Å². The third-order valence-corrected chi connectivity index (χ3v) is 3.42. The molecule has 0 saturated carbocycles. The Labute approximate surface area is 122 Å². The van der Waals surface area contributed by atoms with Gasteiger partial charge in [-0.3, -0.25) is 9.67 Å². The number of hydrogen-bond acceptors (Lipinski definition) is 4. The van der Waals surface area contributed by atoms with Gasteiger partial charge in [0.1, 0.15) is 13.2 Å². The predicted molar refractivity (Wildman–Crippen MR) is 78.7 cm³/mol. The molecule has 5 nitrogen and oxygen atoms in total. The van der Waals surface area contributed by atoms with Crippen molar-refractivity contribution in [1.29, 1.82) is 0 Å². The zero-order valence-corrected chi connectivity index (χ0v) is 12.4. The van der Waals surface area contributed by atoms with Gasteiger partial charge in [-0.15, -0.1) is 0 Å². The Balaban J connectivity index is 2.12. The molecular formula is C14H17N3O2S. The summed E-state index contributed by atoms with van der Waals surface area (Å²) < 4.78 is 14.0. The molecule has 0 unspecified atom stereocenters. The highest BCUT2D eigenvalue weighted by molar-refractivity contribution is 7.71. The zero-order valence-electron chi connectivity index (χ0n) is 11.5. The molecule has 1 aliphatic rings. The molecule has 2 aromatic rings. The first-order chi connectivity index (χ1) is 9.66. The summed E-state index contributed by atoms with van der Waals surface area (Å²) in [7, 11) is 0. The van der Waals surface area contributed by atoms with Gasteiger partial charge in [-0.25, -0.2) is 0 Å². The molecule has 1 aliphatic heterocycles. The summed E-state index contributed by atoms with van der Waals surface area (Å²) in [4.78, 5) is 0. The minimum atomic E-state index is 0.481. The highest BCUT2D eigenvalue weighted by Crippen LogP contribution is 2.39. The van der Waals surface area contributed by atoms with Crippen molar-refractivity contribution >= 4 is 12.2 Å². The molecule has 1 aromatic heterocycles. The number of fused-ring (bicyclic) bond motifs is 1. The number of nitrogens with one attached hydrogen (secondary N) is 1. The normalized spacial score (nSPS) is 13.8. The number of para-hydroxylation sites is 1. The van der Waals surface area contributed by atoms with Crippen molar-refractivity contribution in [2.24, 2.45) is 5.92 Å². The molecule has 1 aromatic carbocycles. The number of aromatic nitrogens is 3. The van der Waals surface area contributed by atoms with Crippen molar-refractivity contribution in [1.82, 2.24) is 14.8 Å². The average Bonchev–Trinajstić information content (AvgIpc) is 2.79. The van der Waals surface area contributed by atoms with Crippen LogP contribution in [0.25, 0.3) is 11.4 Å². The van der Waals surface area contributed by atoms with Crippen LogP contribution in [-0.2, 0) is 6.54 Å². The molecule has 0 bridgehead atoms. The Morgan fingerprint density at radius 3 is 2.95 bits per heavy atom. The SMILES string of the molecule is CC(C)Cn1c(-c2cccc3c2OCCO3)n[nH]c1=S. The van der Waals surface area contributed by atoms with E-state index in [0.717, 1.165) is 29.4 Å². The Morgan fingerprint density at radius 1 is 1.35 bits per heavy atom. The van der Waals surface area contributed by atoms with Crippen LogP contribution >= 0.6 is 12.2 Å². The number of H-pyrrole nitrogens is 1. The largest absolute Gasteiger partial charge is 0.486 e. The van der Waals surface area contributed by atoms with Crippen molar-refractivity contribution in [2.45, 2.75) is 20.4 Å². The second-order valence-electron chi connectivity index (χ2n) is 5.19. The third-order valence-electron chi connectivity index (χ3n) is 3.11. The summed E-state index contributed by atoms with van der Waals surface area (Å²) in [5, 5.41) is 7.22. The second kappa shape index (κ2) is 5.28. The van der Waals surface area contributed by atoms with E-state index in [1.165, 1.54) is 0 Å². The van der Waals surface area contributed by atoms with E-state index in [2.05, 4.69) is 24.0 Å². The summed E-state index contributed by atoms with van der Waals surface area (Å²) in [6.07, 6.45) is 0. The lowest BCUT2D eigenvalue weighted by Crippen LogP contribution is -2.16. The quantitative estimate of drug-likeness (QED) is 0.883. The average molecular weight is 291 g/mol. The van der Waals surface area contributed by atoms with Gasteiger partial charge in [-0.2, -0.15) is 5.10 Å². The summed E-state index contributed by atoms with van der Waals surface area (Å²) in [6.45, 7) is 6.25. The van der Waals surface area contributed by atoms with Gasteiger partial charge in [0, 0.05) is 6.54 Å². The van der Waals surface area contributed by atoms with Crippen LogP contribution in [0.1, 0.15) is 13.8 Å². The molecule has 0 spiro atoms. The maximum Gasteiger partial charge on any atom is 0.195 e. The molecule has 0 atom stereocenters. The molecule has 0 saturated heterocycles. The first-order valence-corrected chi connectivity index (χ1v) is 7.12. The van der Waals surface area contributed by atoms with Crippen molar-refractivity contribution in [3.8, 4) is 22.9 Å². The molecule has 6 heteroatoms. The number of benzene rings is 1. The molecule has 0 aliphatic carbocycles. The van der Waals surface area contributed by atoms with E-state index in [1.54, 1.807) is 0 Å². The highest BCUT2D eigenvalue weighted by atomic mass is 32.1. The smallest absolute Gasteiger partial charge is 0.195 e. The van der Waals surface area contributed by atoms with Gasteiger partial charge in [0.05, 0.1) is 5.56 Å². The van der Waals surface area contributed by atoms with Crippen molar-refractivity contribution in [3.63, 3.8) is 0 Å². The van der Waals surface area contributed by atoms with Gasteiger partial charge in [0.25, 0.3) is 0 Å². The fourth-order valence-corrected chi connectivity index (χ4v) is 2.51. The van der Waals surface area contributed by atoms with Crippen LogP contribution in [0, 0.1) is 10.7 Å². The Hall–Kier alpha value is -1.82. The van der Waals surface area contributed by atoms with Crippen LogP contribution in [-0.4, -0.2) is 28.0 Å². The maximum absolute atomic E-state index is 5.75. The lowest BCUT2D eigenvalue weighted by Gasteiger charge is -2.21. The van der Waals surface area contributed by atoms with Gasteiger partial charge in [0.15, 0.2) is 22.1 Å². The van der Waals surface area contributed by atoms with Crippen molar-refractivity contribution < 1.29 is 9.47 Å². The topological polar surface area (TPSA) is 52.1 Å². The lowest BCUT2D eigenvalue weighted by atomic mass is 10.1. The number of rotatable bonds is 3. The molecular weight excluding hydrogens is 274 g/mol. The van der Waals surface area contributed by atoms with E-state index >= 15 is 0 Å². The predicted octanol–water partition coefficient (Wildman–Crippen LogP) is 3.03. The molecule has 0 fully saturated rings. The Bertz CT molecular complexity index is 675. The van der Waals surface area contributed by atoms with Crippen LogP contribution in [0.5, 0.6) is 11.5 Å². The van der Waals surface area contributed by atoms with Gasteiger partial charge < -0.3 is 9.47 Å². The number of ether oxygens (including phenoxy) is 2. The van der Waals surface area contributed by atoms with Gasteiger partial charge in [0.2, 0.25) is 0 Å². The number of nitrogens with zero attached hydrogens (tertiary/aromatic N) is 2. The van der Waals surface area contributed by atoms with Crippen LogP contribution in [0.3, 0.4) is 0 Å². The summed E-state index contributed by atoms with van der Waals surface area (Å²) in [6, 6.07) is 5.83. The fraction of sp³-hybridized carbons (Fsp3) is 0.429. The fourth-order valence-electron chi connectivity index (χ4n) is 2.31. The van der Waals surface area contributed by atoms with E-state index < -0.39 is 0 Å². The minimum Gasteiger partial charge on any atom is -0.486 e. The number of aromatic amines is 1. The molecule has 1 N–H and O–H groups in total. The van der Waals surface area contributed by atoms with E-state index in [1.807, 2.05) is 22.8 Å². The minimum absolute atomic E-state index is 0.481. The first-order valence-electron chi connectivity index (χ1n) is 6.71. The van der Waals surface area contributed by atoms with Crippen LogP contribution in [0.4, 0.5) is 0 Å². The van der Waals surface area contributed by atoms with Crippen molar-refractivity contribution in [3.05, 3.63) is 23.0 Å². The third kappa shape index (κ3) is 2.31.